The lowest BCUT2D eigenvalue weighted by Crippen LogP contribution is -2.65. The Balaban J connectivity index is 1.78. The summed E-state index contributed by atoms with van der Waals surface area (Å²) in [6.45, 7) is 12.5. The molecule has 3 unspecified atom stereocenters. The zero-order chi connectivity index (χ0) is 28.9. The van der Waals surface area contributed by atoms with E-state index in [0.29, 0.717) is 18.8 Å². The van der Waals surface area contributed by atoms with E-state index in [1.54, 1.807) is 16.8 Å². The predicted molar refractivity (Wildman–Crippen MR) is 158 cm³/mol. The Morgan fingerprint density at radius 3 is 2.36 bits per heavy atom. The van der Waals surface area contributed by atoms with Gasteiger partial charge in [-0.05, 0) is 37.0 Å². The highest BCUT2D eigenvalue weighted by molar-refractivity contribution is 7.32. The van der Waals surface area contributed by atoms with Gasteiger partial charge >= 0.3 is 12.1 Å². The number of likely N-dealkylation sites (tertiary alicyclic amines) is 1. The molecule has 16 heteroatoms. The van der Waals surface area contributed by atoms with Crippen LogP contribution >= 0.6 is 17.9 Å². The number of amides is 2. The fourth-order valence-corrected chi connectivity index (χ4v) is 9.70. The van der Waals surface area contributed by atoms with Gasteiger partial charge in [-0.15, -0.1) is 0 Å². The van der Waals surface area contributed by atoms with Crippen LogP contribution in [-0.4, -0.2) is 102 Å². The second-order valence-corrected chi connectivity index (χ2v) is 16.6. The van der Waals surface area contributed by atoms with Gasteiger partial charge in [0.2, 0.25) is 5.91 Å². The molecule has 3 heterocycles. The summed E-state index contributed by atoms with van der Waals surface area (Å²) in [7, 11) is 9.62. The van der Waals surface area contributed by atoms with Crippen LogP contribution in [0.3, 0.4) is 0 Å². The predicted octanol–water partition coefficient (Wildman–Crippen LogP) is 2.18. The molecule has 11 nitrogen and oxygen atoms in total. The Bertz CT molecular complexity index is 940. The van der Waals surface area contributed by atoms with Crippen LogP contribution in [0, 0.1) is 11.8 Å². The largest absolute Gasteiger partial charge is 0.428 e. The van der Waals surface area contributed by atoms with Crippen molar-refractivity contribution in [3.63, 3.8) is 0 Å². The van der Waals surface area contributed by atoms with E-state index >= 15 is 0 Å². The molecule has 4 radical (unpaired) electrons. The Labute approximate surface area is 239 Å². The lowest BCUT2D eigenvalue weighted by Gasteiger charge is -2.49. The molecule has 2 N–H and O–H groups in total. The van der Waals surface area contributed by atoms with Gasteiger partial charge in [0.05, 0.1) is 18.1 Å². The van der Waals surface area contributed by atoms with Crippen molar-refractivity contribution in [1.82, 2.24) is 24.7 Å². The van der Waals surface area contributed by atoms with Gasteiger partial charge in [0, 0.05) is 38.6 Å². The zero-order valence-corrected chi connectivity index (χ0v) is 26.8. The van der Waals surface area contributed by atoms with Crippen LogP contribution in [0.25, 0.3) is 0 Å². The van der Waals surface area contributed by atoms with Crippen LogP contribution in [0.15, 0.2) is 11.3 Å². The minimum Gasteiger partial charge on any atom is -0.428 e. The molecule has 3 rings (SSSR count). The van der Waals surface area contributed by atoms with E-state index in [2.05, 4.69) is 42.6 Å². The monoisotopic (exact) mass is 595 g/mol. The second kappa shape index (κ2) is 14.3. The topological polar surface area (TPSA) is 113 Å². The van der Waals surface area contributed by atoms with Crippen LogP contribution < -0.4 is 10.00 Å². The normalized spacial score (nSPS) is 26.5. The molecular weight excluding hydrogens is 554 g/mol. The maximum absolute atomic E-state index is 13.6. The van der Waals surface area contributed by atoms with Gasteiger partial charge in [-0.1, -0.05) is 27.7 Å². The molecule has 0 aromatic heterocycles. The molecule has 2 fully saturated rings. The maximum Gasteiger partial charge on any atom is 0.413 e. The van der Waals surface area contributed by atoms with Crippen molar-refractivity contribution in [2.75, 3.05) is 26.7 Å². The van der Waals surface area contributed by atoms with Crippen molar-refractivity contribution in [2.24, 2.45) is 11.8 Å². The van der Waals surface area contributed by atoms with Gasteiger partial charge in [0.1, 0.15) is 23.6 Å². The maximum atomic E-state index is 13.6. The number of fused-ring (bicyclic) bond motifs is 1. The highest BCUT2D eigenvalue weighted by Crippen LogP contribution is 2.49. The second-order valence-electron chi connectivity index (χ2n) is 10.5. The fraction of sp³-hybridized carbons (Fsp3) is 0.783. The van der Waals surface area contributed by atoms with Crippen molar-refractivity contribution in [2.45, 2.75) is 77.4 Å². The molecule has 2 amide bonds. The van der Waals surface area contributed by atoms with Crippen molar-refractivity contribution in [1.29, 1.82) is 0 Å². The third-order valence-corrected chi connectivity index (χ3v) is 14.3. The van der Waals surface area contributed by atoms with Crippen LogP contribution in [0.2, 0.25) is 18.1 Å². The molecule has 2 saturated heterocycles. The molecule has 214 valence electrons. The van der Waals surface area contributed by atoms with E-state index in [1.807, 2.05) is 6.92 Å². The molecular formula is C23H41B2N5O6P2Si. The number of rotatable bonds is 14. The summed E-state index contributed by atoms with van der Waals surface area (Å²) >= 11 is 0. The Morgan fingerprint density at radius 2 is 1.77 bits per heavy atom. The van der Waals surface area contributed by atoms with Crippen molar-refractivity contribution >= 4 is 60.2 Å². The first-order valence-corrected chi connectivity index (χ1v) is 18.0. The highest BCUT2D eigenvalue weighted by Gasteiger charge is 2.61. The molecule has 39 heavy (non-hydrogen) atoms. The molecule has 0 saturated carbocycles. The van der Waals surface area contributed by atoms with Crippen molar-refractivity contribution in [3.8, 4) is 0 Å². The first-order chi connectivity index (χ1) is 18.6. The number of nitrogens with one attached hydrogen (secondary N) is 2. The average Bonchev–Trinajstić information content (AvgIpc) is 3.50. The van der Waals surface area contributed by atoms with Gasteiger partial charge in [0.25, 0.3) is 0 Å². The number of carbonyl (C=O) groups excluding carboxylic acids is 3. The summed E-state index contributed by atoms with van der Waals surface area (Å²) in [5, 5.41) is 0. The molecule has 3 aliphatic rings. The smallest absolute Gasteiger partial charge is 0.413 e. The zero-order valence-electron chi connectivity index (χ0n) is 23.8. The standard InChI is InChI=1S/C23H41B2N5O6P2Si/c1-7-39(8-2,9-3)36-15(5)18-19-14(4)17(20(30(19)21(18)31)22(32)34-37-26-24)13-29-11-10-16(12-29)28(6)23(33)35-38-27-25/h14-16,18-19,26-27,37-38H,7-13H2,1-6H3/t14-,15+,16-,18?,19+/m0/s1. The number of likely N-dealkylation sites (N-methyl/N-ethyl adjacent to an activating group) is 1. The first-order valence-electron chi connectivity index (χ1n) is 13.6. The van der Waals surface area contributed by atoms with Crippen LogP contribution in [0.1, 0.15) is 41.0 Å². The molecule has 0 aliphatic carbocycles. The Hall–Kier alpha value is -1.00. The Morgan fingerprint density at radius 1 is 1.15 bits per heavy atom. The van der Waals surface area contributed by atoms with Gasteiger partial charge < -0.3 is 33.3 Å². The summed E-state index contributed by atoms with van der Waals surface area (Å²) in [5.41, 5.74) is 1.19. The van der Waals surface area contributed by atoms with Gasteiger partial charge in [0.15, 0.2) is 24.3 Å². The lowest BCUT2D eigenvalue weighted by molar-refractivity contribution is -0.161. The average molecular weight is 595 g/mol. The van der Waals surface area contributed by atoms with E-state index in [9.17, 15) is 14.4 Å². The molecule has 3 aliphatic heterocycles. The highest BCUT2D eigenvalue weighted by atomic mass is 31.1. The van der Waals surface area contributed by atoms with Crippen LogP contribution in [0.5, 0.6) is 0 Å². The summed E-state index contributed by atoms with van der Waals surface area (Å²) < 4.78 is 17.1. The van der Waals surface area contributed by atoms with E-state index in [4.69, 9.17) is 29.4 Å². The minimum absolute atomic E-state index is 0.0363. The van der Waals surface area contributed by atoms with E-state index in [1.165, 1.54) is 0 Å². The quantitative estimate of drug-likeness (QED) is 0.177. The van der Waals surface area contributed by atoms with Crippen molar-refractivity contribution in [3.05, 3.63) is 11.3 Å². The lowest BCUT2D eigenvalue weighted by atomic mass is 9.77. The molecule has 0 aromatic carbocycles. The molecule has 0 aromatic rings. The summed E-state index contributed by atoms with van der Waals surface area (Å²) in [4.78, 5) is 49.1. The summed E-state index contributed by atoms with van der Waals surface area (Å²) in [6.07, 6.45) is 0.0993. The Kier molecular flexibility index (Phi) is 11.9. The molecule has 0 bridgehead atoms. The van der Waals surface area contributed by atoms with E-state index in [0.717, 1.165) is 36.7 Å². The SMILES string of the molecule is [B]NPOC(=O)C1=C(CN2CC[C@H](N(C)C(=O)OPN[B])C2)[C@H](C)[C@@H]2C([C@@H](C)O[Si](CC)(CC)CC)C(=O)N12. The molecule has 7 atom stereocenters. The minimum atomic E-state index is -1.92. The van der Waals surface area contributed by atoms with Crippen LogP contribution in [0.4, 0.5) is 4.79 Å². The third-order valence-electron chi connectivity index (χ3n) is 8.74. The summed E-state index contributed by atoms with van der Waals surface area (Å²) in [6, 6.07) is 2.82. The number of nitrogens with zero attached hydrogens (tertiary/aromatic N) is 3. The molecule has 0 spiro atoms. The van der Waals surface area contributed by atoms with Crippen molar-refractivity contribution < 1.29 is 27.9 Å². The number of hydrogen-bond acceptors (Lipinski definition) is 9. The van der Waals surface area contributed by atoms with E-state index in [-0.39, 0.29) is 44.9 Å². The van der Waals surface area contributed by atoms with Gasteiger partial charge in [-0.25, -0.2) is 9.59 Å². The number of β-lactam (4-membered cyclic amide) rings is 1. The van der Waals surface area contributed by atoms with Crippen LogP contribution in [-0.2, 0) is 23.1 Å². The van der Waals surface area contributed by atoms with E-state index < -0.39 is 29.3 Å². The third kappa shape index (κ3) is 6.74. The number of hydrogen-bond donors (Lipinski definition) is 2. The fourth-order valence-electron chi connectivity index (χ4n) is 6.23. The number of carbonyl (C=O) groups is 3. The van der Waals surface area contributed by atoms with Gasteiger partial charge in [-0.3, -0.25) is 9.69 Å². The summed E-state index contributed by atoms with van der Waals surface area (Å²) in [5.74, 6) is -0.999. The van der Waals surface area contributed by atoms with Gasteiger partial charge in [-0.2, -0.15) is 0 Å². The first kappa shape index (κ1) is 32.5.